The van der Waals surface area contributed by atoms with E-state index in [2.05, 4.69) is 5.32 Å². The SMILES string of the molecule is N#Cc1ccc([N+](=O)[O-])c(NCc2ccc(O)cc2)c1. The van der Waals surface area contributed by atoms with Gasteiger partial charge in [0, 0.05) is 12.6 Å². The van der Waals surface area contributed by atoms with Crippen LogP contribution in [0, 0.1) is 21.4 Å². The lowest BCUT2D eigenvalue weighted by Crippen LogP contribution is -2.03. The van der Waals surface area contributed by atoms with Crippen LogP contribution in [-0.2, 0) is 6.54 Å². The van der Waals surface area contributed by atoms with E-state index < -0.39 is 4.92 Å². The number of benzene rings is 2. The van der Waals surface area contributed by atoms with Gasteiger partial charge in [0.05, 0.1) is 16.6 Å². The Morgan fingerprint density at radius 1 is 1.25 bits per heavy atom. The summed E-state index contributed by atoms with van der Waals surface area (Å²) in [5.41, 5.74) is 1.42. The summed E-state index contributed by atoms with van der Waals surface area (Å²) >= 11 is 0. The Labute approximate surface area is 115 Å². The minimum atomic E-state index is -0.500. The zero-order valence-corrected chi connectivity index (χ0v) is 10.4. The van der Waals surface area contributed by atoms with Crippen molar-refractivity contribution in [2.75, 3.05) is 5.32 Å². The molecule has 0 atom stereocenters. The fourth-order valence-corrected chi connectivity index (χ4v) is 1.72. The summed E-state index contributed by atoms with van der Waals surface area (Å²) in [7, 11) is 0. The number of aromatic hydroxyl groups is 1. The maximum absolute atomic E-state index is 10.9. The highest BCUT2D eigenvalue weighted by Gasteiger charge is 2.13. The van der Waals surface area contributed by atoms with Gasteiger partial charge in [-0.2, -0.15) is 5.26 Å². The highest BCUT2D eigenvalue weighted by atomic mass is 16.6. The van der Waals surface area contributed by atoms with Crippen molar-refractivity contribution in [3.05, 3.63) is 63.7 Å². The van der Waals surface area contributed by atoms with Crippen LogP contribution < -0.4 is 5.32 Å². The normalized spacial score (nSPS) is 9.75. The van der Waals surface area contributed by atoms with Gasteiger partial charge in [-0.3, -0.25) is 10.1 Å². The Morgan fingerprint density at radius 3 is 2.55 bits per heavy atom. The molecule has 0 aliphatic rings. The average Bonchev–Trinajstić information content (AvgIpc) is 2.46. The van der Waals surface area contributed by atoms with Gasteiger partial charge >= 0.3 is 0 Å². The second-order valence-corrected chi connectivity index (χ2v) is 4.12. The summed E-state index contributed by atoms with van der Waals surface area (Å²) in [6.45, 7) is 0.357. The van der Waals surface area contributed by atoms with Crippen molar-refractivity contribution in [2.24, 2.45) is 0 Å². The fourth-order valence-electron chi connectivity index (χ4n) is 1.72. The van der Waals surface area contributed by atoms with Crippen LogP contribution in [0.4, 0.5) is 11.4 Å². The van der Waals surface area contributed by atoms with Gasteiger partial charge in [0.25, 0.3) is 5.69 Å². The summed E-state index contributed by atoms with van der Waals surface area (Å²) in [6, 6.07) is 12.6. The predicted molar refractivity (Wildman–Crippen MR) is 73.2 cm³/mol. The first-order valence-corrected chi connectivity index (χ1v) is 5.80. The van der Waals surface area contributed by atoms with Crippen molar-refractivity contribution < 1.29 is 10.0 Å². The number of rotatable bonds is 4. The maximum Gasteiger partial charge on any atom is 0.292 e. The molecule has 0 aliphatic carbocycles. The average molecular weight is 269 g/mol. The summed E-state index contributed by atoms with van der Waals surface area (Å²) in [5, 5.41) is 31.9. The Balaban J connectivity index is 2.21. The van der Waals surface area contributed by atoms with Crippen molar-refractivity contribution in [1.29, 1.82) is 5.26 Å². The van der Waals surface area contributed by atoms with E-state index in [4.69, 9.17) is 5.26 Å². The van der Waals surface area contributed by atoms with E-state index >= 15 is 0 Å². The third-order valence-electron chi connectivity index (χ3n) is 2.74. The van der Waals surface area contributed by atoms with Crippen LogP contribution in [0.25, 0.3) is 0 Å². The zero-order chi connectivity index (χ0) is 14.5. The molecule has 0 unspecified atom stereocenters. The molecule has 2 aromatic carbocycles. The summed E-state index contributed by atoms with van der Waals surface area (Å²) in [6.07, 6.45) is 0. The molecular formula is C14H11N3O3. The molecular weight excluding hydrogens is 258 g/mol. The molecule has 0 bridgehead atoms. The van der Waals surface area contributed by atoms with E-state index in [0.717, 1.165) is 5.56 Å². The minimum Gasteiger partial charge on any atom is -0.508 e. The van der Waals surface area contributed by atoms with E-state index in [1.165, 1.54) is 30.3 Å². The Morgan fingerprint density at radius 2 is 1.95 bits per heavy atom. The van der Waals surface area contributed by atoms with Gasteiger partial charge in [-0.15, -0.1) is 0 Å². The number of nitrogens with one attached hydrogen (secondary N) is 1. The van der Waals surface area contributed by atoms with Crippen molar-refractivity contribution >= 4 is 11.4 Å². The predicted octanol–water partition coefficient (Wildman–Crippen LogP) is 2.78. The zero-order valence-electron chi connectivity index (χ0n) is 10.4. The number of nitro groups is 1. The van der Waals surface area contributed by atoms with E-state index in [0.29, 0.717) is 17.8 Å². The topological polar surface area (TPSA) is 99.2 Å². The molecule has 2 N–H and O–H groups in total. The van der Waals surface area contributed by atoms with E-state index in [-0.39, 0.29) is 11.4 Å². The number of nitrogens with zero attached hydrogens (tertiary/aromatic N) is 2. The first kappa shape index (κ1) is 13.4. The van der Waals surface area contributed by atoms with E-state index in [1.54, 1.807) is 12.1 Å². The van der Waals surface area contributed by atoms with Crippen LogP contribution in [0.1, 0.15) is 11.1 Å². The lowest BCUT2D eigenvalue weighted by molar-refractivity contribution is -0.384. The number of hydrogen-bond donors (Lipinski definition) is 2. The summed E-state index contributed by atoms with van der Waals surface area (Å²) in [5.74, 6) is 0.159. The third kappa shape index (κ3) is 3.03. The number of anilines is 1. The molecule has 20 heavy (non-hydrogen) atoms. The van der Waals surface area contributed by atoms with E-state index in [1.807, 2.05) is 6.07 Å². The molecule has 2 rings (SSSR count). The quantitative estimate of drug-likeness (QED) is 0.656. The van der Waals surface area contributed by atoms with Gasteiger partial charge < -0.3 is 10.4 Å². The van der Waals surface area contributed by atoms with Gasteiger partial charge in [0.2, 0.25) is 0 Å². The second-order valence-electron chi connectivity index (χ2n) is 4.12. The smallest absolute Gasteiger partial charge is 0.292 e. The largest absolute Gasteiger partial charge is 0.508 e. The first-order valence-electron chi connectivity index (χ1n) is 5.80. The van der Waals surface area contributed by atoms with Crippen molar-refractivity contribution in [2.45, 2.75) is 6.54 Å². The van der Waals surface area contributed by atoms with Crippen LogP contribution in [0.15, 0.2) is 42.5 Å². The molecule has 0 aromatic heterocycles. The number of phenolic OH excluding ortho intramolecular Hbond substituents is 1. The lowest BCUT2D eigenvalue weighted by Gasteiger charge is -2.07. The Bertz CT molecular complexity index is 675. The van der Waals surface area contributed by atoms with Gasteiger partial charge in [-0.05, 0) is 29.8 Å². The van der Waals surface area contributed by atoms with E-state index in [9.17, 15) is 15.2 Å². The maximum atomic E-state index is 10.9. The number of hydrogen-bond acceptors (Lipinski definition) is 5. The van der Waals surface area contributed by atoms with Crippen molar-refractivity contribution in [1.82, 2.24) is 0 Å². The molecule has 0 saturated heterocycles. The Hall–Kier alpha value is -3.07. The highest BCUT2D eigenvalue weighted by molar-refractivity contribution is 5.64. The molecule has 6 heteroatoms. The third-order valence-corrected chi connectivity index (χ3v) is 2.74. The fraction of sp³-hybridized carbons (Fsp3) is 0.0714. The number of nitriles is 1. The molecule has 100 valence electrons. The number of nitro benzene ring substituents is 1. The molecule has 2 aromatic rings. The summed E-state index contributed by atoms with van der Waals surface area (Å²) < 4.78 is 0. The molecule has 0 heterocycles. The van der Waals surface area contributed by atoms with Gasteiger partial charge in [-0.1, -0.05) is 12.1 Å². The highest BCUT2D eigenvalue weighted by Crippen LogP contribution is 2.26. The summed E-state index contributed by atoms with van der Waals surface area (Å²) in [4.78, 5) is 10.4. The monoisotopic (exact) mass is 269 g/mol. The van der Waals surface area contributed by atoms with Crippen LogP contribution >= 0.6 is 0 Å². The molecule has 0 amide bonds. The molecule has 0 aliphatic heterocycles. The van der Waals surface area contributed by atoms with Gasteiger partial charge in [0.15, 0.2) is 0 Å². The van der Waals surface area contributed by atoms with Crippen LogP contribution in [0.5, 0.6) is 5.75 Å². The number of phenols is 1. The van der Waals surface area contributed by atoms with Gasteiger partial charge in [-0.25, -0.2) is 0 Å². The molecule has 0 fully saturated rings. The second kappa shape index (κ2) is 5.71. The molecule has 0 radical (unpaired) electrons. The standard InChI is InChI=1S/C14H11N3O3/c15-8-11-3-6-14(17(19)20)13(7-11)16-9-10-1-4-12(18)5-2-10/h1-7,16,18H,9H2. The van der Waals surface area contributed by atoms with Crippen LogP contribution in [0.3, 0.4) is 0 Å². The molecule has 0 saturated carbocycles. The molecule has 0 spiro atoms. The van der Waals surface area contributed by atoms with Gasteiger partial charge in [0.1, 0.15) is 11.4 Å². The lowest BCUT2D eigenvalue weighted by atomic mass is 10.1. The van der Waals surface area contributed by atoms with Crippen molar-refractivity contribution in [3.8, 4) is 11.8 Å². The molecule has 6 nitrogen and oxygen atoms in total. The first-order chi connectivity index (χ1) is 9.60. The van der Waals surface area contributed by atoms with Crippen LogP contribution in [-0.4, -0.2) is 10.0 Å². The van der Waals surface area contributed by atoms with Crippen LogP contribution in [0.2, 0.25) is 0 Å². The minimum absolute atomic E-state index is 0.0808. The Kier molecular flexibility index (Phi) is 3.82. The van der Waals surface area contributed by atoms with Crippen molar-refractivity contribution in [3.63, 3.8) is 0 Å².